The SMILES string of the molecule is Cc1c(Cl)cccc1-c1ccc(C=C2Sc3ccccc3C2=O)o1. The molecule has 2 aromatic carbocycles. The van der Waals surface area contributed by atoms with Gasteiger partial charge < -0.3 is 4.42 Å². The van der Waals surface area contributed by atoms with Crippen LogP contribution in [0.1, 0.15) is 21.7 Å². The van der Waals surface area contributed by atoms with E-state index in [1.165, 1.54) is 11.8 Å². The zero-order valence-corrected chi connectivity index (χ0v) is 14.4. The van der Waals surface area contributed by atoms with Gasteiger partial charge in [0.1, 0.15) is 11.5 Å². The van der Waals surface area contributed by atoms with Gasteiger partial charge in [-0.2, -0.15) is 0 Å². The standard InChI is InChI=1S/C20H13ClO2S/c1-12-14(6-4-7-16(12)21)17-10-9-13(23-17)11-19-20(22)15-5-2-3-8-18(15)24-19/h2-11H,1H3. The highest BCUT2D eigenvalue weighted by Crippen LogP contribution is 2.41. The molecule has 4 rings (SSSR count). The summed E-state index contributed by atoms with van der Waals surface area (Å²) in [5.74, 6) is 1.45. The van der Waals surface area contributed by atoms with E-state index in [2.05, 4.69) is 0 Å². The van der Waals surface area contributed by atoms with Crippen LogP contribution in [0.25, 0.3) is 17.4 Å². The normalized spacial score (nSPS) is 15.1. The number of carbonyl (C=O) groups is 1. The van der Waals surface area contributed by atoms with Crippen LogP contribution < -0.4 is 0 Å². The second-order valence-corrected chi connectivity index (χ2v) is 7.04. The van der Waals surface area contributed by atoms with Crippen LogP contribution in [-0.2, 0) is 0 Å². The Morgan fingerprint density at radius 2 is 1.79 bits per heavy atom. The lowest BCUT2D eigenvalue weighted by atomic mass is 10.1. The first-order valence-corrected chi connectivity index (χ1v) is 8.71. The lowest BCUT2D eigenvalue weighted by Crippen LogP contribution is -1.93. The lowest BCUT2D eigenvalue weighted by molar-refractivity contribution is 0.104. The molecule has 24 heavy (non-hydrogen) atoms. The van der Waals surface area contributed by atoms with Gasteiger partial charge in [0.2, 0.25) is 5.78 Å². The number of hydrogen-bond acceptors (Lipinski definition) is 3. The van der Waals surface area contributed by atoms with Gasteiger partial charge in [0.15, 0.2) is 0 Å². The maximum Gasteiger partial charge on any atom is 0.200 e. The highest BCUT2D eigenvalue weighted by molar-refractivity contribution is 8.04. The predicted octanol–water partition coefficient (Wildman–Crippen LogP) is 6.24. The van der Waals surface area contributed by atoms with Gasteiger partial charge in [-0.05, 0) is 48.9 Å². The molecule has 0 fully saturated rings. The van der Waals surface area contributed by atoms with Gasteiger partial charge in [0.05, 0.1) is 4.91 Å². The molecule has 2 nitrogen and oxygen atoms in total. The average Bonchev–Trinajstić information content (AvgIpc) is 3.16. The quantitative estimate of drug-likeness (QED) is 0.511. The molecule has 1 aliphatic rings. The molecule has 0 amide bonds. The third-order valence-electron chi connectivity index (χ3n) is 4.01. The highest BCUT2D eigenvalue weighted by atomic mass is 35.5. The number of furan rings is 1. The van der Waals surface area contributed by atoms with E-state index >= 15 is 0 Å². The predicted molar refractivity (Wildman–Crippen MR) is 98.5 cm³/mol. The second kappa shape index (κ2) is 6.00. The molecule has 0 spiro atoms. The Morgan fingerprint density at radius 1 is 1.00 bits per heavy atom. The zero-order chi connectivity index (χ0) is 16.7. The third-order valence-corrected chi connectivity index (χ3v) is 5.52. The number of carbonyl (C=O) groups excluding carboxylic acids is 1. The molecular formula is C20H13ClO2S. The van der Waals surface area contributed by atoms with E-state index in [1.54, 1.807) is 6.08 Å². The summed E-state index contributed by atoms with van der Waals surface area (Å²) in [6.07, 6.45) is 1.80. The van der Waals surface area contributed by atoms with Crippen molar-refractivity contribution in [2.24, 2.45) is 0 Å². The Balaban J connectivity index is 1.67. The Hall–Kier alpha value is -2.23. The van der Waals surface area contributed by atoms with Crippen LogP contribution in [-0.4, -0.2) is 5.78 Å². The molecule has 118 valence electrons. The Bertz CT molecular complexity index is 985. The van der Waals surface area contributed by atoms with Crippen molar-refractivity contribution in [3.63, 3.8) is 0 Å². The zero-order valence-electron chi connectivity index (χ0n) is 12.9. The number of fused-ring (bicyclic) bond motifs is 1. The fourth-order valence-electron chi connectivity index (χ4n) is 2.71. The minimum absolute atomic E-state index is 0.0486. The lowest BCUT2D eigenvalue weighted by Gasteiger charge is -2.03. The summed E-state index contributed by atoms with van der Waals surface area (Å²) < 4.78 is 5.91. The van der Waals surface area contributed by atoms with Gasteiger partial charge in [-0.15, -0.1) is 0 Å². The minimum atomic E-state index is 0.0486. The maximum atomic E-state index is 12.4. The van der Waals surface area contributed by atoms with Crippen molar-refractivity contribution in [1.82, 2.24) is 0 Å². The smallest absolute Gasteiger partial charge is 0.200 e. The Morgan fingerprint density at radius 3 is 2.62 bits per heavy atom. The molecule has 0 radical (unpaired) electrons. The van der Waals surface area contributed by atoms with Crippen LogP contribution in [0.15, 0.2) is 68.8 Å². The van der Waals surface area contributed by atoms with E-state index in [0.717, 1.165) is 27.3 Å². The van der Waals surface area contributed by atoms with Crippen LogP contribution in [0.3, 0.4) is 0 Å². The van der Waals surface area contributed by atoms with Crippen molar-refractivity contribution in [1.29, 1.82) is 0 Å². The summed E-state index contributed by atoms with van der Waals surface area (Å²) >= 11 is 7.66. The van der Waals surface area contributed by atoms with E-state index in [-0.39, 0.29) is 5.78 Å². The first-order valence-electron chi connectivity index (χ1n) is 7.52. The molecule has 0 atom stereocenters. The molecule has 1 aromatic heterocycles. The molecular weight excluding hydrogens is 340 g/mol. The molecule has 0 saturated heterocycles. The average molecular weight is 353 g/mol. The molecule has 1 aliphatic heterocycles. The number of hydrogen-bond donors (Lipinski definition) is 0. The number of rotatable bonds is 2. The van der Waals surface area contributed by atoms with Crippen LogP contribution in [0.2, 0.25) is 5.02 Å². The number of benzene rings is 2. The van der Waals surface area contributed by atoms with Crippen LogP contribution in [0.5, 0.6) is 0 Å². The fourth-order valence-corrected chi connectivity index (χ4v) is 3.92. The Kier molecular flexibility index (Phi) is 3.83. The summed E-state index contributed by atoms with van der Waals surface area (Å²) in [7, 11) is 0. The van der Waals surface area contributed by atoms with Crippen molar-refractivity contribution >= 4 is 35.2 Å². The molecule has 4 heteroatoms. The monoisotopic (exact) mass is 352 g/mol. The van der Waals surface area contributed by atoms with Crippen molar-refractivity contribution in [2.45, 2.75) is 11.8 Å². The molecule has 0 unspecified atom stereocenters. The van der Waals surface area contributed by atoms with Crippen LogP contribution in [0, 0.1) is 6.92 Å². The number of thioether (sulfide) groups is 1. The summed E-state index contributed by atoms with van der Waals surface area (Å²) in [4.78, 5) is 14.1. The van der Waals surface area contributed by atoms with Crippen LogP contribution >= 0.6 is 23.4 Å². The van der Waals surface area contributed by atoms with Gasteiger partial charge in [-0.3, -0.25) is 4.79 Å². The largest absolute Gasteiger partial charge is 0.457 e. The van der Waals surface area contributed by atoms with Gasteiger partial charge in [0.25, 0.3) is 0 Å². The number of allylic oxidation sites excluding steroid dienone is 1. The molecule has 0 saturated carbocycles. The molecule has 0 N–H and O–H groups in total. The van der Waals surface area contributed by atoms with E-state index in [1.807, 2.05) is 61.5 Å². The summed E-state index contributed by atoms with van der Waals surface area (Å²) in [6, 6.07) is 17.2. The summed E-state index contributed by atoms with van der Waals surface area (Å²) in [5, 5.41) is 0.709. The van der Waals surface area contributed by atoms with Crippen molar-refractivity contribution in [3.05, 3.63) is 81.4 Å². The van der Waals surface area contributed by atoms with Crippen molar-refractivity contribution in [2.75, 3.05) is 0 Å². The molecule has 3 aromatic rings. The number of halogens is 1. The number of ketones is 1. The van der Waals surface area contributed by atoms with Gasteiger partial charge in [0, 0.05) is 21.0 Å². The van der Waals surface area contributed by atoms with E-state index < -0.39 is 0 Å². The van der Waals surface area contributed by atoms with E-state index in [0.29, 0.717) is 15.7 Å². The minimum Gasteiger partial charge on any atom is -0.457 e. The van der Waals surface area contributed by atoms with Gasteiger partial charge in [-0.1, -0.05) is 47.6 Å². The topological polar surface area (TPSA) is 30.2 Å². The van der Waals surface area contributed by atoms with E-state index in [9.17, 15) is 4.79 Å². The van der Waals surface area contributed by atoms with Gasteiger partial charge >= 0.3 is 0 Å². The molecule has 2 heterocycles. The second-order valence-electron chi connectivity index (χ2n) is 5.55. The maximum absolute atomic E-state index is 12.4. The van der Waals surface area contributed by atoms with Crippen molar-refractivity contribution < 1.29 is 9.21 Å². The first-order chi connectivity index (χ1) is 11.6. The Labute approximate surface area is 149 Å². The molecule has 0 bridgehead atoms. The van der Waals surface area contributed by atoms with Crippen molar-refractivity contribution in [3.8, 4) is 11.3 Å². The van der Waals surface area contributed by atoms with E-state index in [4.69, 9.17) is 16.0 Å². The third kappa shape index (κ3) is 2.60. The molecule has 0 aliphatic carbocycles. The summed E-state index contributed by atoms with van der Waals surface area (Å²) in [6.45, 7) is 1.96. The number of Topliss-reactive ketones (excluding diaryl/α,β-unsaturated/α-hetero) is 1. The van der Waals surface area contributed by atoms with Gasteiger partial charge in [-0.25, -0.2) is 0 Å². The van der Waals surface area contributed by atoms with Crippen LogP contribution in [0.4, 0.5) is 0 Å². The highest BCUT2D eigenvalue weighted by Gasteiger charge is 2.25. The first kappa shape index (κ1) is 15.3. The summed E-state index contributed by atoms with van der Waals surface area (Å²) in [5.41, 5.74) is 2.69. The fraction of sp³-hybridized carbons (Fsp3) is 0.0500.